The molecule has 0 spiro atoms. The Morgan fingerprint density at radius 3 is 2.60 bits per heavy atom. The quantitative estimate of drug-likeness (QED) is 0.750. The lowest BCUT2D eigenvalue weighted by Gasteiger charge is -2.07. The Labute approximate surface area is 144 Å². The first kappa shape index (κ1) is 16.4. The molecule has 2 aromatic heterocycles. The summed E-state index contributed by atoms with van der Waals surface area (Å²) in [6, 6.07) is 16.1. The number of pyridine rings is 1. The monoisotopic (exact) mass is 335 g/mol. The molecule has 3 rings (SSSR count). The lowest BCUT2D eigenvalue weighted by Crippen LogP contribution is -2.32. The molecule has 2 amide bonds. The van der Waals surface area contributed by atoms with Crippen molar-refractivity contribution in [3.63, 3.8) is 0 Å². The first-order valence-corrected chi connectivity index (χ1v) is 7.86. The van der Waals surface area contributed by atoms with Crippen molar-refractivity contribution in [2.75, 3.05) is 11.9 Å². The Bertz CT molecular complexity index is 893. The molecule has 0 saturated carbocycles. The van der Waals surface area contributed by atoms with E-state index >= 15 is 0 Å². The van der Waals surface area contributed by atoms with Gasteiger partial charge in [-0.1, -0.05) is 30.3 Å². The summed E-state index contributed by atoms with van der Waals surface area (Å²) < 4.78 is 5.23. The molecule has 0 aliphatic carbocycles. The molecular weight excluding hydrogens is 318 g/mol. The molecule has 2 N–H and O–H groups in total. The molecule has 0 fully saturated rings. The number of nitrogens with one attached hydrogen (secondary N) is 2. The van der Waals surface area contributed by atoms with Crippen LogP contribution in [0, 0.1) is 0 Å². The van der Waals surface area contributed by atoms with Crippen LogP contribution in [0.5, 0.6) is 0 Å². The zero-order valence-corrected chi connectivity index (χ0v) is 13.4. The molecule has 0 radical (unpaired) electrons. The predicted molar refractivity (Wildman–Crippen MR) is 95.4 cm³/mol. The van der Waals surface area contributed by atoms with Crippen molar-refractivity contribution in [2.24, 2.45) is 0 Å². The minimum Gasteiger partial charge on any atom is -0.421 e. The van der Waals surface area contributed by atoms with E-state index in [1.807, 2.05) is 30.3 Å². The van der Waals surface area contributed by atoms with Crippen molar-refractivity contribution < 1.29 is 9.21 Å². The number of aromatic nitrogens is 1. The molecule has 2 heterocycles. The van der Waals surface area contributed by atoms with Gasteiger partial charge in [-0.2, -0.15) is 0 Å². The van der Waals surface area contributed by atoms with Crippen LogP contribution in [0.15, 0.2) is 76.2 Å². The lowest BCUT2D eigenvalue weighted by atomic mass is 10.1. The number of carbonyl (C=O) groups excluding carboxylic acids is 1. The number of hydrogen-bond donors (Lipinski definition) is 2. The van der Waals surface area contributed by atoms with Crippen LogP contribution in [-0.4, -0.2) is 17.6 Å². The van der Waals surface area contributed by atoms with Gasteiger partial charge in [-0.05, 0) is 36.2 Å². The van der Waals surface area contributed by atoms with Crippen molar-refractivity contribution in [3.8, 4) is 11.3 Å². The topological polar surface area (TPSA) is 84.2 Å². The van der Waals surface area contributed by atoms with Crippen LogP contribution in [0.3, 0.4) is 0 Å². The van der Waals surface area contributed by atoms with E-state index in [0.29, 0.717) is 24.3 Å². The maximum atomic E-state index is 12.0. The molecule has 6 nitrogen and oxygen atoms in total. The van der Waals surface area contributed by atoms with Gasteiger partial charge in [0.1, 0.15) is 11.4 Å². The van der Waals surface area contributed by atoms with Gasteiger partial charge in [0.2, 0.25) is 0 Å². The third kappa shape index (κ3) is 4.54. The molecule has 0 aliphatic heterocycles. The first-order valence-electron chi connectivity index (χ1n) is 7.86. The van der Waals surface area contributed by atoms with Crippen LogP contribution in [-0.2, 0) is 6.42 Å². The second-order valence-corrected chi connectivity index (χ2v) is 5.36. The number of urea groups is 1. The molecular formula is C19H17N3O3. The van der Waals surface area contributed by atoms with E-state index in [-0.39, 0.29) is 5.69 Å². The van der Waals surface area contributed by atoms with Gasteiger partial charge in [-0.3, -0.25) is 4.98 Å². The zero-order chi connectivity index (χ0) is 17.5. The van der Waals surface area contributed by atoms with Gasteiger partial charge in [0.05, 0.1) is 0 Å². The molecule has 1 aromatic carbocycles. The average molecular weight is 335 g/mol. The second-order valence-electron chi connectivity index (χ2n) is 5.36. The van der Waals surface area contributed by atoms with E-state index in [1.54, 1.807) is 30.6 Å². The van der Waals surface area contributed by atoms with Crippen LogP contribution >= 0.6 is 0 Å². The number of rotatable bonds is 5. The lowest BCUT2D eigenvalue weighted by molar-refractivity contribution is 0.252. The van der Waals surface area contributed by atoms with Crippen molar-refractivity contribution in [2.45, 2.75) is 6.42 Å². The highest BCUT2D eigenvalue weighted by Gasteiger charge is 2.09. The number of carbonyl (C=O) groups is 1. The largest absolute Gasteiger partial charge is 0.421 e. The summed E-state index contributed by atoms with van der Waals surface area (Å²) in [7, 11) is 0. The van der Waals surface area contributed by atoms with Crippen molar-refractivity contribution in [1.29, 1.82) is 0 Å². The van der Waals surface area contributed by atoms with E-state index in [2.05, 4.69) is 15.6 Å². The SMILES string of the molecule is O=C(NCCc1ccccc1)Nc1ccc(-c2cccnc2)oc1=O. The summed E-state index contributed by atoms with van der Waals surface area (Å²) in [5.74, 6) is 0.396. The van der Waals surface area contributed by atoms with Gasteiger partial charge in [-0.25, -0.2) is 9.59 Å². The maximum absolute atomic E-state index is 12.0. The van der Waals surface area contributed by atoms with Gasteiger partial charge in [0.25, 0.3) is 0 Å². The van der Waals surface area contributed by atoms with Crippen LogP contribution in [0.2, 0.25) is 0 Å². The third-order valence-corrected chi connectivity index (χ3v) is 3.56. The maximum Gasteiger partial charge on any atom is 0.360 e. The van der Waals surface area contributed by atoms with Crippen LogP contribution in [0.4, 0.5) is 10.5 Å². The highest BCUT2D eigenvalue weighted by atomic mass is 16.4. The number of anilines is 1. The summed E-state index contributed by atoms with van der Waals surface area (Å²) in [6.07, 6.45) is 3.95. The predicted octanol–water partition coefficient (Wildman–Crippen LogP) is 3.07. The van der Waals surface area contributed by atoms with Gasteiger partial charge in [-0.15, -0.1) is 0 Å². The highest BCUT2D eigenvalue weighted by molar-refractivity contribution is 5.89. The number of benzene rings is 1. The molecule has 0 aliphatic rings. The molecule has 6 heteroatoms. The fraction of sp³-hybridized carbons (Fsp3) is 0.105. The third-order valence-electron chi connectivity index (χ3n) is 3.56. The standard InChI is InChI=1S/C19H17N3O3/c23-18-16(8-9-17(25-18)15-7-4-11-20-13-15)22-19(24)21-12-10-14-5-2-1-3-6-14/h1-9,11,13H,10,12H2,(H2,21,22,24). The van der Waals surface area contributed by atoms with E-state index in [4.69, 9.17) is 4.42 Å². The Hall–Kier alpha value is -3.41. The number of nitrogens with zero attached hydrogens (tertiary/aromatic N) is 1. The Morgan fingerprint density at radius 1 is 1.04 bits per heavy atom. The molecule has 126 valence electrons. The summed E-state index contributed by atoms with van der Waals surface area (Å²) in [4.78, 5) is 27.9. The van der Waals surface area contributed by atoms with Gasteiger partial charge >= 0.3 is 11.7 Å². The molecule has 0 saturated heterocycles. The molecule has 0 bridgehead atoms. The van der Waals surface area contributed by atoms with E-state index in [0.717, 1.165) is 5.56 Å². The Morgan fingerprint density at radius 2 is 1.88 bits per heavy atom. The first-order chi connectivity index (χ1) is 12.2. The van der Waals surface area contributed by atoms with E-state index < -0.39 is 11.7 Å². The van der Waals surface area contributed by atoms with Crippen LogP contribution < -0.4 is 16.3 Å². The summed E-state index contributed by atoms with van der Waals surface area (Å²) >= 11 is 0. The zero-order valence-electron chi connectivity index (χ0n) is 13.4. The molecule has 3 aromatic rings. The highest BCUT2D eigenvalue weighted by Crippen LogP contribution is 2.17. The molecule has 25 heavy (non-hydrogen) atoms. The minimum atomic E-state index is -0.612. The number of amides is 2. The summed E-state index contributed by atoms with van der Waals surface area (Å²) in [5.41, 5.74) is 1.30. The second kappa shape index (κ2) is 7.92. The fourth-order valence-electron chi connectivity index (χ4n) is 2.30. The molecule has 0 unspecified atom stereocenters. The van der Waals surface area contributed by atoms with E-state index in [9.17, 15) is 9.59 Å². The van der Waals surface area contributed by atoms with Crippen molar-refractivity contribution >= 4 is 11.7 Å². The van der Waals surface area contributed by atoms with Gasteiger partial charge in [0.15, 0.2) is 0 Å². The Kier molecular flexibility index (Phi) is 5.21. The van der Waals surface area contributed by atoms with Crippen molar-refractivity contribution in [1.82, 2.24) is 10.3 Å². The molecule has 0 atom stereocenters. The normalized spacial score (nSPS) is 10.2. The van der Waals surface area contributed by atoms with Crippen LogP contribution in [0.25, 0.3) is 11.3 Å². The van der Waals surface area contributed by atoms with Gasteiger partial charge in [0, 0.05) is 24.5 Å². The Balaban J connectivity index is 1.57. The average Bonchev–Trinajstić information content (AvgIpc) is 2.65. The number of hydrogen-bond acceptors (Lipinski definition) is 4. The van der Waals surface area contributed by atoms with Gasteiger partial charge < -0.3 is 15.1 Å². The van der Waals surface area contributed by atoms with Crippen molar-refractivity contribution in [3.05, 3.63) is 83.0 Å². The van der Waals surface area contributed by atoms with Crippen LogP contribution in [0.1, 0.15) is 5.56 Å². The summed E-state index contributed by atoms with van der Waals surface area (Å²) in [6.45, 7) is 0.467. The minimum absolute atomic E-state index is 0.0878. The smallest absolute Gasteiger partial charge is 0.360 e. The summed E-state index contributed by atoms with van der Waals surface area (Å²) in [5, 5.41) is 5.22. The fourth-order valence-corrected chi connectivity index (χ4v) is 2.30. The van der Waals surface area contributed by atoms with E-state index in [1.165, 1.54) is 6.07 Å².